The molecule has 1 atom stereocenters. The predicted octanol–water partition coefficient (Wildman–Crippen LogP) is 5.03. The van der Waals surface area contributed by atoms with Crippen molar-refractivity contribution in [3.63, 3.8) is 0 Å². The van der Waals surface area contributed by atoms with Gasteiger partial charge in [-0.15, -0.1) is 0 Å². The first-order valence-corrected chi connectivity index (χ1v) is 9.63. The summed E-state index contributed by atoms with van der Waals surface area (Å²) in [4.78, 5) is 0. The van der Waals surface area contributed by atoms with Crippen LogP contribution in [-0.4, -0.2) is 33.0 Å². The lowest BCUT2D eigenvalue weighted by Gasteiger charge is -2.45. The average molecular weight is 370 g/mol. The summed E-state index contributed by atoms with van der Waals surface area (Å²) in [6, 6.07) is 16.6. The van der Waals surface area contributed by atoms with E-state index in [1.54, 1.807) is 14.2 Å². The Morgan fingerprint density at radius 3 is 2.41 bits per heavy atom. The summed E-state index contributed by atoms with van der Waals surface area (Å²) in [6.07, 6.45) is 3.08. The molecule has 0 saturated carbocycles. The van der Waals surface area contributed by atoms with Crippen LogP contribution in [0.1, 0.15) is 38.7 Å². The van der Waals surface area contributed by atoms with Gasteiger partial charge in [-0.3, -0.25) is 0 Å². The second kappa shape index (κ2) is 8.22. The lowest BCUT2D eigenvalue weighted by Crippen LogP contribution is -2.44. The highest BCUT2D eigenvalue weighted by atomic mass is 16.5. The molecule has 1 N–H and O–H groups in total. The maximum atomic E-state index is 6.02. The van der Waals surface area contributed by atoms with Crippen LogP contribution in [0.3, 0.4) is 0 Å². The maximum absolute atomic E-state index is 6.02. The van der Waals surface area contributed by atoms with Crippen LogP contribution < -0.4 is 14.8 Å². The van der Waals surface area contributed by atoms with Crippen molar-refractivity contribution in [2.45, 2.75) is 44.1 Å². The highest BCUT2D eigenvalue weighted by Crippen LogP contribution is 2.44. The third-order valence-corrected chi connectivity index (χ3v) is 5.54. The highest BCUT2D eigenvalue weighted by molar-refractivity contribution is 5.48. The molecule has 1 heterocycles. The average Bonchev–Trinajstić information content (AvgIpc) is 2.67. The molecular formula is C23H31NO3. The first kappa shape index (κ1) is 19.6. The molecule has 1 fully saturated rings. The van der Waals surface area contributed by atoms with E-state index < -0.39 is 0 Å². The lowest BCUT2D eigenvalue weighted by atomic mass is 9.67. The van der Waals surface area contributed by atoms with Crippen LogP contribution in [0.5, 0.6) is 11.5 Å². The van der Waals surface area contributed by atoms with Gasteiger partial charge in [0.15, 0.2) is 0 Å². The minimum absolute atomic E-state index is 0.0971. The molecule has 0 spiro atoms. The molecule has 4 heteroatoms. The molecule has 2 aromatic carbocycles. The standard InChI is InChI=1S/C23H31NO3/c1-22(2)17-23(13-15-27-22,18-8-10-20(25-3)11-9-18)12-14-24-19-6-5-7-21(16-19)26-4/h5-11,16,24H,12-15,17H2,1-4H3. The molecule has 0 amide bonds. The third-order valence-electron chi connectivity index (χ3n) is 5.54. The zero-order valence-electron chi connectivity index (χ0n) is 16.9. The van der Waals surface area contributed by atoms with Crippen molar-refractivity contribution in [3.8, 4) is 11.5 Å². The number of benzene rings is 2. The highest BCUT2D eigenvalue weighted by Gasteiger charge is 2.41. The fourth-order valence-electron chi connectivity index (χ4n) is 4.20. The maximum Gasteiger partial charge on any atom is 0.120 e. The molecular weight excluding hydrogens is 338 g/mol. The third kappa shape index (κ3) is 4.75. The van der Waals surface area contributed by atoms with Crippen LogP contribution in [0, 0.1) is 0 Å². The van der Waals surface area contributed by atoms with E-state index in [-0.39, 0.29) is 11.0 Å². The van der Waals surface area contributed by atoms with Gasteiger partial charge in [-0.05, 0) is 62.9 Å². The van der Waals surface area contributed by atoms with Crippen LogP contribution >= 0.6 is 0 Å². The quantitative estimate of drug-likeness (QED) is 0.743. The number of ether oxygens (including phenoxy) is 3. The second-order valence-corrected chi connectivity index (χ2v) is 7.95. The van der Waals surface area contributed by atoms with Gasteiger partial charge >= 0.3 is 0 Å². The van der Waals surface area contributed by atoms with E-state index in [1.165, 1.54) is 5.56 Å². The topological polar surface area (TPSA) is 39.7 Å². The van der Waals surface area contributed by atoms with E-state index in [0.29, 0.717) is 0 Å². The summed E-state index contributed by atoms with van der Waals surface area (Å²) >= 11 is 0. The van der Waals surface area contributed by atoms with Crippen molar-refractivity contribution < 1.29 is 14.2 Å². The number of rotatable bonds is 7. The molecule has 0 radical (unpaired) electrons. The summed E-state index contributed by atoms with van der Waals surface area (Å²) in [5.41, 5.74) is 2.44. The number of hydrogen-bond acceptors (Lipinski definition) is 4. The van der Waals surface area contributed by atoms with Gasteiger partial charge in [0.2, 0.25) is 0 Å². The summed E-state index contributed by atoms with van der Waals surface area (Å²) in [5, 5.41) is 3.57. The Labute approximate surface area is 162 Å². The molecule has 0 bridgehead atoms. The predicted molar refractivity (Wildman–Crippen MR) is 110 cm³/mol. The SMILES string of the molecule is COc1ccc(C2(CCNc3cccc(OC)c3)CCOC(C)(C)C2)cc1. The first-order chi connectivity index (χ1) is 13.0. The first-order valence-electron chi connectivity index (χ1n) is 9.63. The molecule has 1 saturated heterocycles. The molecule has 4 nitrogen and oxygen atoms in total. The summed E-state index contributed by atoms with van der Waals surface area (Å²) in [5.74, 6) is 1.77. The van der Waals surface area contributed by atoms with Crippen LogP contribution in [0.2, 0.25) is 0 Å². The Kier molecular flexibility index (Phi) is 5.95. The summed E-state index contributed by atoms with van der Waals surface area (Å²) in [6.45, 7) is 6.08. The molecule has 3 rings (SSSR count). The summed E-state index contributed by atoms with van der Waals surface area (Å²) < 4.78 is 16.7. The number of hydrogen-bond donors (Lipinski definition) is 1. The Morgan fingerprint density at radius 2 is 1.74 bits per heavy atom. The van der Waals surface area contributed by atoms with Gasteiger partial charge in [0.05, 0.1) is 19.8 Å². The Hall–Kier alpha value is -2.20. The molecule has 0 aliphatic carbocycles. The van der Waals surface area contributed by atoms with Crippen LogP contribution in [0.4, 0.5) is 5.69 Å². The molecule has 1 unspecified atom stereocenters. The van der Waals surface area contributed by atoms with Crippen LogP contribution in [-0.2, 0) is 10.2 Å². The van der Waals surface area contributed by atoms with Crippen molar-refractivity contribution in [2.24, 2.45) is 0 Å². The van der Waals surface area contributed by atoms with Gasteiger partial charge in [0, 0.05) is 30.3 Å². The zero-order valence-corrected chi connectivity index (χ0v) is 16.9. The Balaban J connectivity index is 1.77. The largest absolute Gasteiger partial charge is 0.497 e. The van der Waals surface area contributed by atoms with Crippen molar-refractivity contribution in [1.82, 2.24) is 0 Å². The smallest absolute Gasteiger partial charge is 0.120 e. The van der Waals surface area contributed by atoms with Gasteiger partial charge in [-0.2, -0.15) is 0 Å². The number of methoxy groups -OCH3 is 2. The number of nitrogens with one attached hydrogen (secondary N) is 1. The van der Waals surface area contributed by atoms with E-state index in [4.69, 9.17) is 14.2 Å². The van der Waals surface area contributed by atoms with E-state index >= 15 is 0 Å². The Morgan fingerprint density at radius 1 is 1.00 bits per heavy atom. The van der Waals surface area contributed by atoms with Gasteiger partial charge in [-0.1, -0.05) is 18.2 Å². The molecule has 1 aliphatic rings. The monoisotopic (exact) mass is 369 g/mol. The molecule has 146 valence electrons. The van der Waals surface area contributed by atoms with Gasteiger partial charge in [0.25, 0.3) is 0 Å². The van der Waals surface area contributed by atoms with Crippen LogP contribution in [0.25, 0.3) is 0 Å². The van der Waals surface area contributed by atoms with Gasteiger partial charge < -0.3 is 19.5 Å². The summed E-state index contributed by atoms with van der Waals surface area (Å²) in [7, 11) is 3.41. The molecule has 2 aromatic rings. The minimum Gasteiger partial charge on any atom is -0.497 e. The van der Waals surface area contributed by atoms with Gasteiger partial charge in [0.1, 0.15) is 11.5 Å². The zero-order chi connectivity index (χ0) is 19.3. The Bertz CT molecular complexity index is 742. The normalized spacial score (nSPS) is 21.5. The van der Waals surface area contributed by atoms with Gasteiger partial charge in [-0.25, -0.2) is 0 Å². The van der Waals surface area contributed by atoms with Crippen molar-refractivity contribution in [3.05, 3.63) is 54.1 Å². The van der Waals surface area contributed by atoms with E-state index in [1.807, 2.05) is 18.2 Å². The van der Waals surface area contributed by atoms with E-state index in [0.717, 1.165) is 49.6 Å². The fourth-order valence-corrected chi connectivity index (χ4v) is 4.20. The molecule has 0 aromatic heterocycles. The van der Waals surface area contributed by atoms with Crippen LogP contribution in [0.15, 0.2) is 48.5 Å². The van der Waals surface area contributed by atoms with E-state index in [2.05, 4.69) is 49.5 Å². The van der Waals surface area contributed by atoms with E-state index in [9.17, 15) is 0 Å². The number of anilines is 1. The van der Waals surface area contributed by atoms with Crippen molar-refractivity contribution >= 4 is 5.69 Å². The second-order valence-electron chi connectivity index (χ2n) is 7.95. The lowest BCUT2D eigenvalue weighted by molar-refractivity contribution is -0.0835. The minimum atomic E-state index is -0.117. The molecule has 27 heavy (non-hydrogen) atoms. The van der Waals surface area contributed by atoms with Crippen molar-refractivity contribution in [1.29, 1.82) is 0 Å². The van der Waals surface area contributed by atoms with Crippen molar-refractivity contribution in [2.75, 3.05) is 32.7 Å². The molecule has 1 aliphatic heterocycles. The fraction of sp³-hybridized carbons (Fsp3) is 0.478.